The van der Waals surface area contributed by atoms with Crippen LogP contribution in [0.3, 0.4) is 0 Å². The maximum absolute atomic E-state index is 5.19. The van der Waals surface area contributed by atoms with E-state index in [4.69, 9.17) is 6.42 Å². The minimum Gasteiger partial charge on any atom is -0.310 e. The molecule has 15 heavy (non-hydrogen) atoms. The van der Waals surface area contributed by atoms with Crippen molar-refractivity contribution in [3.63, 3.8) is 0 Å². The fraction of sp³-hybridized carbons (Fsp3) is 0.385. The summed E-state index contributed by atoms with van der Waals surface area (Å²) in [7, 11) is 0. The standard InChI is InChI=1S/C13H16BrN/c1-3-4-5-10-15-11(2)12-6-8-13(14)9-7-12/h1,6-9,11,15H,4-5,10H2,2H3. The van der Waals surface area contributed by atoms with Gasteiger partial charge in [-0.1, -0.05) is 28.1 Å². The second-order valence-corrected chi connectivity index (χ2v) is 4.45. The third-order valence-corrected chi connectivity index (χ3v) is 2.85. The topological polar surface area (TPSA) is 12.0 Å². The van der Waals surface area contributed by atoms with Crippen molar-refractivity contribution in [2.24, 2.45) is 0 Å². The minimum atomic E-state index is 0.385. The van der Waals surface area contributed by atoms with Gasteiger partial charge in [0.25, 0.3) is 0 Å². The second kappa shape index (κ2) is 6.66. The molecule has 1 N–H and O–H groups in total. The number of rotatable bonds is 5. The maximum Gasteiger partial charge on any atom is 0.0291 e. The van der Waals surface area contributed by atoms with Crippen molar-refractivity contribution >= 4 is 15.9 Å². The monoisotopic (exact) mass is 265 g/mol. The Morgan fingerprint density at radius 2 is 2.07 bits per heavy atom. The Balaban J connectivity index is 2.37. The summed E-state index contributed by atoms with van der Waals surface area (Å²) >= 11 is 3.43. The largest absolute Gasteiger partial charge is 0.310 e. The summed E-state index contributed by atoms with van der Waals surface area (Å²) in [5.41, 5.74) is 1.30. The predicted octanol–water partition coefficient (Wildman–Crippen LogP) is 3.51. The molecule has 2 heteroatoms. The summed E-state index contributed by atoms with van der Waals surface area (Å²) in [6.07, 6.45) is 7.08. The van der Waals surface area contributed by atoms with Crippen LogP contribution in [0.1, 0.15) is 31.4 Å². The van der Waals surface area contributed by atoms with Crippen molar-refractivity contribution in [3.05, 3.63) is 34.3 Å². The summed E-state index contributed by atoms with van der Waals surface area (Å²) in [4.78, 5) is 0. The van der Waals surface area contributed by atoms with Gasteiger partial charge in [-0.05, 0) is 37.6 Å². The van der Waals surface area contributed by atoms with Crippen molar-refractivity contribution in [3.8, 4) is 12.3 Å². The molecule has 1 atom stereocenters. The van der Waals surface area contributed by atoms with E-state index in [1.54, 1.807) is 0 Å². The Labute approximate surface area is 100 Å². The average Bonchev–Trinajstić information content (AvgIpc) is 2.25. The Hall–Kier alpha value is -0.780. The number of hydrogen-bond acceptors (Lipinski definition) is 1. The maximum atomic E-state index is 5.19. The van der Waals surface area contributed by atoms with E-state index >= 15 is 0 Å². The van der Waals surface area contributed by atoms with Crippen molar-refractivity contribution in [2.45, 2.75) is 25.8 Å². The van der Waals surface area contributed by atoms with Gasteiger partial charge in [-0.2, -0.15) is 0 Å². The SMILES string of the molecule is C#CCCCNC(C)c1ccc(Br)cc1. The first kappa shape index (κ1) is 12.3. The Kier molecular flexibility index (Phi) is 5.45. The third kappa shape index (κ3) is 4.51. The van der Waals surface area contributed by atoms with Crippen LogP contribution < -0.4 is 5.32 Å². The molecular weight excluding hydrogens is 250 g/mol. The van der Waals surface area contributed by atoms with Gasteiger partial charge in [0.1, 0.15) is 0 Å². The Morgan fingerprint density at radius 3 is 2.67 bits per heavy atom. The molecule has 1 rings (SSSR count). The molecule has 1 nitrogen and oxygen atoms in total. The molecule has 0 saturated carbocycles. The van der Waals surface area contributed by atoms with Gasteiger partial charge >= 0.3 is 0 Å². The van der Waals surface area contributed by atoms with Gasteiger partial charge < -0.3 is 5.32 Å². The first-order chi connectivity index (χ1) is 7.24. The predicted molar refractivity (Wildman–Crippen MR) is 68.6 cm³/mol. The molecule has 0 heterocycles. The molecular formula is C13H16BrN. The summed E-state index contributed by atoms with van der Waals surface area (Å²) < 4.78 is 1.12. The van der Waals surface area contributed by atoms with Crippen LogP contribution in [0.25, 0.3) is 0 Å². The van der Waals surface area contributed by atoms with Crippen LogP contribution in [0, 0.1) is 12.3 Å². The third-order valence-electron chi connectivity index (χ3n) is 2.32. The summed E-state index contributed by atoms with van der Waals surface area (Å²) in [6.45, 7) is 3.14. The normalized spacial score (nSPS) is 12.1. The minimum absolute atomic E-state index is 0.385. The number of hydrogen-bond donors (Lipinski definition) is 1. The average molecular weight is 266 g/mol. The number of terminal acetylenes is 1. The van der Waals surface area contributed by atoms with E-state index < -0.39 is 0 Å². The first-order valence-corrected chi connectivity index (χ1v) is 5.95. The van der Waals surface area contributed by atoms with Gasteiger partial charge in [-0.25, -0.2) is 0 Å². The quantitative estimate of drug-likeness (QED) is 0.635. The number of benzene rings is 1. The van der Waals surface area contributed by atoms with Crippen LogP contribution in [-0.4, -0.2) is 6.54 Å². The zero-order chi connectivity index (χ0) is 11.1. The first-order valence-electron chi connectivity index (χ1n) is 5.16. The van der Waals surface area contributed by atoms with Crippen LogP contribution in [0.4, 0.5) is 0 Å². The zero-order valence-corrected chi connectivity index (χ0v) is 10.5. The lowest BCUT2D eigenvalue weighted by atomic mass is 10.1. The molecule has 0 aliphatic carbocycles. The Bertz CT molecular complexity index is 323. The van der Waals surface area contributed by atoms with E-state index in [-0.39, 0.29) is 0 Å². The molecule has 0 bridgehead atoms. The van der Waals surface area contributed by atoms with Crippen molar-refractivity contribution in [1.29, 1.82) is 0 Å². The lowest BCUT2D eigenvalue weighted by molar-refractivity contribution is 0.562. The highest BCUT2D eigenvalue weighted by Gasteiger charge is 2.02. The van der Waals surface area contributed by atoms with Gasteiger partial charge in [0.15, 0.2) is 0 Å². The molecule has 1 aromatic carbocycles. The van der Waals surface area contributed by atoms with Crippen molar-refractivity contribution in [2.75, 3.05) is 6.54 Å². The molecule has 0 amide bonds. The summed E-state index contributed by atoms with van der Waals surface area (Å²) in [5.74, 6) is 2.64. The molecule has 1 aromatic rings. The van der Waals surface area contributed by atoms with Gasteiger partial charge in [0.05, 0.1) is 0 Å². The lowest BCUT2D eigenvalue weighted by Gasteiger charge is -2.13. The molecule has 0 fully saturated rings. The molecule has 0 aliphatic heterocycles. The lowest BCUT2D eigenvalue weighted by Crippen LogP contribution is -2.19. The fourth-order valence-corrected chi connectivity index (χ4v) is 1.64. The fourth-order valence-electron chi connectivity index (χ4n) is 1.38. The molecule has 1 unspecified atom stereocenters. The van der Waals surface area contributed by atoms with E-state index in [1.807, 2.05) is 0 Å². The van der Waals surface area contributed by atoms with Crippen molar-refractivity contribution < 1.29 is 0 Å². The molecule has 0 saturated heterocycles. The number of halogens is 1. The van der Waals surface area contributed by atoms with Gasteiger partial charge in [0.2, 0.25) is 0 Å². The number of nitrogens with one attached hydrogen (secondary N) is 1. The van der Waals surface area contributed by atoms with Crippen LogP contribution >= 0.6 is 15.9 Å². The highest BCUT2D eigenvalue weighted by atomic mass is 79.9. The van der Waals surface area contributed by atoms with Crippen LogP contribution in [0.15, 0.2) is 28.7 Å². The molecule has 0 spiro atoms. The van der Waals surface area contributed by atoms with Crippen LogP contribution in [0.2, 0.25) is 0 Å². The highest BCUT2D eigenvalue weighted by molar-refractivity contribution is 9.10. The van der Waals surface area contributed by atoms with Crippen LogP contribution in [0.5, 0.6) is 0 Å². The van der Waals surface area contributed by atoms with Gasteiger partial charge in [0, 0.05) is 16.9 Å². The zero-order valence-electron chi connectivity index (χ0n) is 8.96. The molecule has 0 aliphatic rings. The van der Waals surface area contributed by atoms with Gasteiger partial charge in [-0.15, -0.1) is 12.3 Å². The van der Waals surface area contributed by atoms with E-state index in [9.17, 15) is 0 Å². The van der Waals surface area contributed by atoms with Crippen LogP contribution in [-0.2, 0) is 0 Å². The summed E-state index contributed by atoms with van der Waals surface area (Å²) in [6, 6.07) is 8.77. The van der Waals surface area contributed by atoms with E-state index in [0.29, 0.717) is 6.04 Å². The number of unbranched alkanes of at least 4 members (excludes halogenated alkanes) is 1. The molecule has 0 aromatic heterocycles. The molecule has 0 radical (unpaired) electrons. The highest BCUT2D eigenvalue weighted by Crippen LogP contribution is 2.16. The van der Waals surface area contributed by atoms with Gasteiger partial charge in [-0.3, -0.25) is 0 Å². The Morgan fingerprint density at radius 1 is 1.40 bits per heavy atom. The van der Waals surface area contributed by atoms with Crippen molar-refractivity contribution in [1.82, 2.24) is 5.32 Å². The molecule has 80 valence electrons. The second-order valence-electron chi connectivity index (χ2n) is 3.54. The van der Waals surface area contributed by atoms with E-state index in [1.165, 1.54) is 5.56 Å². The smallest absolute Gasteiger partial charge is 0.0291 e. The van der Waals surface area contributed by atoms with E-state index in [0.717, 1.165) is 23.9 Å². The summed E-state index contributed by atoms with van der Waals surface area (Å²) in [5, 5.41) is 3.44. The van der Waals surface area contributed by atoms with E-state index in [2.05, 4.69) is 58.4 Å².